The lowest BCUT2D eigenvalue weighted by molar-refractivity contribution is -0.178. The Morgan fingerprint density at radius 3 is 1.93 bits per heavy atom. The summed E-state index contributed by atoms with van der Waals surface area (Å²) in [6.07, 6.45) is -5.06. The molecule has 0 aromatic heterocycles. The average molecular weight is 206 g/mol. The van der Waals surface area contributed by atoms with Gasteiger partial charge in [0.15, 0.2) is 6.10 Å². The van der Waals surface area contributed by atoms with E-state index in [0.717, 1.165) is 0 Å². The van der Waals surface area contributed by atoms with E-state index in [1.54, 1.807) is 0 Å². The summed E-state index contributed by atoms with van der Waals surface area (Å²) in [5.41, 5.74) is 0. The van der Waals surface area contributed by atoms with Gasteiger partial charge in [-0.2, -0.15) is 0 Å². The fourth-order valence-corrected chi connectivity index (χ4v) is 0.532. The second-order valence-corrected chi connectivity index (χ2v) is 2.10. The zero-order valence-corrected chi connectivity index (χ0v) is 6.61. The number of aliphatic hydroxyl groups is 1. The van der Waals surface area contributed by atoms with E-state index in [1.807, 2.05) is 0 Å². The van der Waals surface area contributed by atoms with Crippen molar-refractivity contribution in [3.63, 3.8) is 0 Å². The van der Waals surface area contributed by atoms with E-state index in [-0.39, 0.29) is 6.29 Å². The first-order valence-electron chi connectivity index (χ1n) is 3.19. The summed E-state index contributed by atoms with van der Waals surface area (Å²) >= 11 is 0. The second-order valence-electron chi connectivity index (χ2n) is 2.10. The zero-order chi connectivity index (χ0) is 11.3. The molecule has 0 aromatic rings. The van der Waals surface area contributed by atoms with Crippen LogP contribution in [-0.2, 0) is 23.9 Å². The molecule has 2 atom stereocenters. The third-order valence-corrected chi connectivity index (χ3v) is 1.12. The van der Waals surface area contributed by atoms with Gasteiger partial charge >= 0.3 is 17.9 Å². The molecule has 3 N–H and O–H groups in total. The van der Waals surface area contributed by atoms with Gasteiger partial charge in [-0.25, -0.2) is 14.4 Å². The van der Waals surface area contributed by atoms with Crippen molar-refractivity contribution >= 4 is 24.2 Å². The van der Waals surface area contributed by atoms with Crippen LogP contribution in [0.25, 0.3) is 0 Å². The maximum Gasteiger partial charge on any atom is 0.372 e. The normalized spacial score (nSPS) is 13.8. The molecule has 8 nitrogen and oxygen atoms in total. The number of carboxylic acids is 2. The Hall–Kier alpha value is -1.96. The lowest BCUT2D eigenvalue weighted by Gasteiger charge is -2.14. The van der Waals surface area contributed by atoms with Crippen LogP contribution < -0.4 is 0 Å². The number of rotatable bonds is 5. The fourth-order valence-electron chi connectivity index (χ4n) is 0.532. The van der Waals surface area contributed by atoms with Gasteiger partial charge in [0.25, 0.3) is 0 Å². The maximum absolute atomic E-state index is 10.3. The molecule has 0 saturated heterocycles. The van der Waals surface area contributed by atoms with Crippen molar-refractivity contribution in [2.24, 2.45) is 0 Å². The van der Waals surface area contributed by atoms with Crippen molar-refractivity contribution in [1.29, 1.82) is 0 Å². The Labute approximate surface area is 76.7 Å². The zero-order valence-electron chi connectivity index (χ0n) is 6.61. The molecule has 2 unspecified atom stereocenters. The summed E-state index contributed by atoms with van der Waals surface area (Å²) in [5.74, 6) is -5.32. The molecular weight excluding hydrogens is 200 g/mol. The van der Waals surface area contributed by atoms with Crippen LogP contribution in [0.3, 0.4) is 0 Å². The molecule has 78 valence electrons. The molecule has 0 aliphatic rings. The average Bonchev–Trinajstić information content (AvgIpc) is 2.11. The highest BCUT2D eigenvalue weighted by Gasteiger charge is 2.35. The molecule has 0 aliphatic heterocycles. The summed E-state index contributed by atoms with van der Waals surface area (Å²) in [5, 5.41) is 25.2. The van der Waals surface area contributed by atoms with E-state index >= 15 is 0 Å². The summed E-state index contributed by atoms with van der Waals surface area (Å²) in [6, 6.07) is 0. The minimum atomic E-state index is -2.42. The van der Waals surface area contributed by atoms with Gasteiger partial charge in [0.1, 0.15) is 0 Å². The van der Waals surface area contributed by atoms with Gasteiger partial charge in [-0.1, -0.05) is 0 Å². The third-order valence-electron chi connectivity index (χ3n) is 1.12. The van der Waals surface area contributed by atoms with E-state index in [2.05, 4.69) is 4.74 Å². The molecule has 0 bridgehead atoms. The highest BCUT2D eigenvalue weighted by Crippen LogP contribution is 2.00. The van der Waals surface area contributed by atoms with Crippen molar-refractivity contribution < 1.29 is 39.2 Å². The van der Waals surface area contributed by atoms with Crippen LogP contribution in [0.15, 0.2) is 0 Å². The minimum Gasteiger partial charge on any atom is -0.479 e. The Bertz CT molecular complexity index is 269. The lowest BCUT2D eigenvalue weighted by Crippen LogP contribution is -2.43. The van der Waals surface area contributed by atoms with Crippen LogP contribution in [0.5, 0.6) is 0 Å². The van der Waals surface area contributed by atoms with E-state index < -0.39 is 30.1 Å². The van der Waals surface area contributed by atoms with Crippen molar-refractivity contribution in [3.05, 3.63) is 0 Å². The molecule has 14 heavy (non-hydrogen) atoms. The second kappa shape index (κ2) is 4.92. The topological polar surface area (TPSA) is 138 Å². The fraction of sp³-hybridized carbons (Fsp3) is 0.333. The van der Waals surface area contributed by atoms with E-state index in [4.69, 9.17) is 15.3 Å². The molecule has 0 amide bonds. The van der Waals surface area contributed by atoms with E-state index in [0.29, 0.717) is 0 Å². The van der Waals surface area contributed by atoms with Gasteiger partial charge in [-0.05, 0) is 0 Å². The molecule has 8 heteroatoms. The first-order valence-corrected chi connectivity index (χ1v) is 3.19. The third kappa shape index (κ3) is 3.19. The summed E-state index contributed by atoms with van der Waals surface area (Å²) < 4.78 is 3.85. The highest BCUT2D eigenvalue weighted by molar-refractivity contribution is 6.20. The summed E-state index contributed by atoms with van der Waals surface area (Å²) in [6.45, 7) is 0. The van der Waals surface area contributed by atoms with Crippen LogP contribution in [-0.4, -0.2) is 51.7 Å². The standard InChI is InChI=1S/C6H6O8/c7-1-2(8)14-4(6(12)13)3(9)5(10)11/h1,3-4,9H,(H,10,11)(H,12,13). The Balaban J connectivity index is 4.60. The predicted octanol–water partition coefficient (Wildman–Crippen LogP) is -2.37. The van der Waals surface area contributed by atoms with Gasteiger partial charge in [0.05, 0.1) is 0 Å². The van der Waals surface area contributed by atoms with Crippen LogP contribution in [0.4, 0.5) is 0 Å². The van der Waals surface area contributed by atoms with Crippen molar-refractivity contribution in [3.8, 4) is 0 Å². The Morgan fingerprint density at radius 2 is 1.64 bits per heavy atom. The smallest absolute Gasteiger partial charge is 0.372 e. The number of carbonyl (C=O) groups excluding carboxylic acids is 2. The van der Waals surface area contributed by atoms with Gasteiger partial charge in [-0.3, -0.25) is 4.79 Å². The molecule has 0 heterocycles. The molecule has 0 aromatic carbocycles. The number of aliphatic carboxylic acids is 2. The highest BCUT2D eigenvalue weighted by atomic mass is 16.6. The molecule has 0 aliphatic carbocycles. The number of hydrogen-bond donors (Lipinski definition) is 3. The SMILES string of the molecule is O=CC(=O)OC(C(=O)O)C(O)C(=O)O. The molecule has 0 saturated carbocycles. The monoisotopic (exact) mass is 206 g/mol. The number of hydrogen-bond acceptors (Lipinski definition) is 6. The van der Waals surface area contributed by atoms with Crippen molar-refractivity contribution in [1.82, 2.24) is 0 Å². The van der Waals surface area contributed by atoms with Crippen LogP contribution in [0.2, 0.25) is 0 Å². The number of ether oxygens (including phenoxy) is 1. The van der Waals surface area contributed by atoms with Crippen LogP contribution in [0, 0.1) is 0 Å². The van der Waals surface area contributed by atoms with Crippen molar-refractivity contribution in [2.75, 3.05) is 0 Å². The number of carbonyl (C=O) groups is 4. The quantitative estimate of drug-likeness (QED) is 0.257. The molecule has 0 rings (SSSR count). The van der Waals surface area contributed by atoms with E-state index in [1.165, 1.54) is 0 Å². The van der Waals surface area contributed by atoms with E-state index in [9.17, 15) is 19.2 Å². The van der Waals surface area contributed by atoms with Crippen LogP contribution >= 0.6 is 0 Å². The number of aliphatic hydroxyl groups excluding tert-OH is 1. The summed E-state index contributed by atoms with van der Waals surface area (Å²) in [7, 11) is 0. The first kappa shape index (κ1) is 12.0. The Morgan fingerprint density at radius 1 is 1.14 bits per heavy atom. The van der Waals surface area contributed by atoms with Crippen LogP contribution in [0.1, 0.15) is 0 Å². The van der Waals surface area contributed by atoms with Gasteiger partial charge in [0, 0.05) is 0 Å². The number of esters is 1. The van der Waals surface area contributed by atoms with Gasteiger partial charge in [0.2, 0.25) is 12.4 Å². The van der Waals surface area contributed by atoms with Crippen molar-refractivity contribution in [2.45, 2.75) is 12.2 Å². The molecule has 0 radical (unpaired) electrons. The number of aldehydes is 1. The Kier molecular flexibility index (Phi) is 4.23. The molecule has 0 spiro atoms. The molecular formula is C6H6O8. The molecule has 0 fully saturated rings. The lowest BCUT2D eigenvalue weighted by atomic mass is 10.2. The predicted molar refractivity (Wildman–Crippen MR) is 37.2 cm³/mol. The van der Waals surface area contributed by atoms with Gasteiger partial charge in [-0.15, -0.1) is 0 Å². The minimum absolute atomic E-state index is 0.343. The first-order chi connectivity index (χ1) is 6.40. The maximum atomic E-state index is 10.3. The number of carboxylic acid groups (broad SMARTS) is 2. The largest absolute Gasteiger partial charge is 0.479 e. The summed E-state index contributed by atoms with van der Waals surface area (Å²) in [4.78, 5) is 40.5. The van der Waals surface area contributed by atoms with Gasteiger partial charge < -0.3 is 20.1 Å².